The van der Waals surface area contributed by atoms with E-state index in [-0.39, 0.29) is 5.91 Å². The maximum absolute atomic E-state index is 12.3. The van der Waals surface area contributed by atoms with Crippen LogP contribution in [-0.4, -0.2) is 27.4 Å². The molecule has 0 saturated heterocycles. The van der Waals surface area contributed by atoms with Gasteiger partial charge in [0.05, 0.1) is 5.69 Å². The zero-order valence-electron chi connectivity index (χ0n) is 18.4. The summed E-state index contributed by atoms with van der Waals surface area (Å²) in [5.74, 6) is 0.578. The largest absolute Gasteiger partial charge is 0.354 e. The summed E-state index contributed by atoms with van der Waals surface area (Å²) in [4.78, 5) is 25.7. The van der Waals surface area contributed by atoms with Crippen LogP contribution in [0.3, 0.4) is 0 Å². The van der Waals surface area contributed by atoms with Gasteiger partial charge in [-0.15, -0.1) is 11.3 Å². The fraction of sp³-hybridized carbons (Fsp3) is 0.200. The number of aromatic nitrogens is 3. The summed E-state index contributed by atoms with van der Waals surface area (Å²) in [5, 5.41) is 9.80. The van der Waals surface area contributed by atoms with Crippen LogP contribution in [0.2, 0.25) is 5.02 Å². The van der Waals surface area contributed by atoms with Crippen LogP contribution in [0.15, 0.2) is 60.0 Å². The number of amides is 1. The van der Waals surface area contributed by atoms with Crippen LogP contribution < -0.4 is 10.6 Å². The Labute approximate surface area is 202 Å². The Kier molecular flexibility index (Phi) is 7.32. The fourth-order valence-electron chi connectivity index (χ4n) is 3.33. The normalized spacial score (nSPS) is 10.8. The van der Waals surface area contributed by atoms with Gasteiger partial charge in [0.2, 0.25) is 11.9 Å². The summed E-state index contributed by atoms with van der Waals surface area (Å²) in [6.07, 6.45) is 1.10. The first-order valence-electron chi connectivity index (χ1n) is 10.6. The van der Waals surface area contributed by atoms with Crippen LogP contribution in [0.25, 0.3) is 21.8 Å². The molecule has 0 bridgehead atoms. The van der Waals surface area contributed by atoms with E-state index < -0.39 is 0 Å². The van der Waals surface area contributed by atoms with Gasteiger partial charge in [0, 0.05) is 51.6 Å². The van der Waals surface area contributed by atoms with E-state index in [0.29, 0.717) is 30.4 Å². The Morgan fingerprint density at radius 2 is 1.61 bits per heavy atom. The highest BCUT2D eigenvalue weighted by atomic mass is 35.5. The molecule has 4 aromatic rings. The van der Waals surface area contributed by atoms with Crippen molar-refractivity contribution in [3.8, 4) is 21.8 Å². The van der Waals surface area contributed by atoms with Crippen molar-refractivity contribution in [2.24, 2.45) is 0 Å². The van der Waals surface area contributed by atoms with Crippen molar-refractivity contribution in [2.45, 2.75) is 26.7 Å². The second-order valence-corrected chi connectivity index (χ2v) is 8.97. The molecule has 2 aromatic heterocycles. The highest BCUT2D eigenvalue weighted by molar-refractivity contribution is 7.13. The SMILES string of the molecule is Cc1cc(C)nc(NCCCC(=O)Nc2ccc(-c3csc(-c4ccc(Cl)cc4)n3)cc2)n1. The maximum Gasteiger partial charge on any atom is 0.224 e. The van der Waals surface area contributed by atoms with Crippen LogP contribution >= 0.6 is 22.9 Å². The molecule has 8 heteroatoms. The molecule has 0 saturated carbocycles. The average Bonchev–Trinajstić information content (AvgIpc) is 3.27. The highest BCUT2D eigenvalue weighted by Crippen LogP contribution is 2.30. The molecule has 6 nitrogen and oxygen atoms in total. The number of hydrogen-bond acceptors (Lipinski definition) is 6. The zero-order chi connectivity index (χ0) is 23.2. The second-order valence-electron chi connectivity index (χ2n) is 7.67. The van der Waals surface area contributed by atoms with Gasteiger partial charge >= 0.3 is 0 Å². The van der Waals surface area contributed by atoms with Gasteiger partial charge in [0.25, 0.3) is 0 Å². The van der Waals surface area contributed by atoms with E-state index in [2.05, 4.69) is 20.6 Å². The van der Waals surface area contributed by atoms with E-state index in [1.165, 1.54) is 0 Å². The Morgan fingerprint density at radius 1 is 0.939 bits per heavy atom. The number of thiazole rings is 1. The molecule has 0 fully saturated rings. The Hall–Kier alpha value is -3.29. The molecule has 4 rings (SSSR count). The Bertz CT molecular complexity index is 1220. The standard InChI is InChI=1S/C25H24ClN5OS/c1-16-14-17(2)29-25(28-16)27-13-3-4-23(32)30-21-11-7-18(8-12-21)22-15-33-24(31-22)19-5-9-20(26)10-6-19/h5-12,14-15H,3-4,13H2,1-2H3,(H,30,32)(H,27,28,29). The lowest BCUT2D eigenvalue weighted by atomic mass is 10.1. The highest BCUT2D eigenvalue weighted by Gasteiger charge is 2.08. The molecule has 2 aromatic carbocycles. The molecule has 0 spiro atoms. The number of anilines is 2. The van der Waals surface area contributed by atoms with Crippen molar-refractivity contribution in [1.82, 2.24) is 15.0 Å². The number of carbonyl (C=O) groups excluding carboxylic acids is 1. The third-order valence-corrected chi connectivity index (χ3v) is 6.05. The van der Waals surface area contributed by atoms with Crippen LogP contribution in [-0.2, 0) is 4.79 Å². The first-order chi connectivity index (χ1) is 16.0. The molecule has 0 radical (unpaired) electrons. The minimum Gasteiger partial charge on any atom is -0.354 e. The van der Waals surface area contributed by atoms with Gasteiger partial charge in [-0.25, -0.2) is 15.0 Å². The lowest BCUT2D eigenvalue weighted by Crippen LogP contribution is -2.14. The number of hydrogen-bond donors (Lipinski definition) is 2. The first-order valence-corrected chi connectivity index (χ1v) is 11.9. The monoisotopic (exact) mass is 477 g/mol. The second kappa shape index (κ2) is 10.6. The van der Waals surface area contributed by atoms with Gasteiger partial charge in [-0.05, 0) is 50.6 Å². The topological polar surface area (TPSA) is 79.8 Å². The summed E-state index contributed by atoms with van der Waals surface area (Å²) in [6, 6.07) is 17.3. The molecule has 2 heterocycles. The predicted molar refractivity (Wildman–Crippen MR) is 136 cm³/mol. The number of nitrogens with zero attached hydrogens (tertiary/aromatic N) is 3. The van der Waals surface area contributed by atoms with Crippen molar-refractivity contribution < 1.29 is 4.79 Å². The third-order valence-electron chi connectivity index (χ3n) is 4.91. The number of carbonyl (C=O) groups is 1. The van der Waals surface area contributed by atoms with Crippen LogP contribution in [0.1, 0.15) is 24.2 Å². The van der Waals surface area contributed by atoms with Crippen LogP contribution in [0.4, 0.5) is 11.6 Å². The molecule has 168 valence electrons. The zero-order valence-corrected chi connectivity index (χ0v) is 20.0. The van der Waals surface area contributed by atoms with E-state index in [0.717, 1.165) is 38.9 Å². The third kappa shape index (κ3) is 6.37. The van der Waals surface area contributed by atoms with Gasteiger partial charge in [-0.1, -0.05) is 35.9 Å². The quantitative estimate of drug-likeness (QED) is 0.288. The van der Waals surface area contributed by atoms with Gasteiger partial charge in [0.1, 0.15) is 5.01 Å². The molecule has 0 aliphatic carbocycles. The Morgan fingerprint density at radius 3 is 2.30 bits per heavy atom. The summed E-state index contributed by atoms with van der Waals surface area (Å²) in [6.45, 7) is 4.51. The summed E-state index contributed by atoms with van der Waals surface area (Å²) in [5.41, 5.74) is 5.56. The molecule has 2 N–H and O–H groups in total. The van der Waals surface area contributed by atoms with Crippen LogP contribution in [0.5, 0.6) is 0 Å². The van der Waals surface area contributed by atoms with Crippen LogP contribution in [0, 0.1) is 13.8 Å². The van der Waals surface area contributed by atoms with E-state index in [1.807, 2.05) is 73.8 Å². The van der Waals surface area contributed by atoms with E-state index in [4.69, 9.17) is 16.6 Å². The minimum atomic E-state index is -0.0235. The van der Waals surface area contributed by atoms with E-state index >= 15 is 0 Å². The molecule has 0 aliphatic heterocycles. The molecule has 0 unspecified atom stereocenters. The average molecular weight is 478 g/mol. The molecule has 0 atom stereocenters. The molecule has 1 amide bonds. The van der Waals surface area contributed by atoms with Gasteiger partial charge in [-0.2, -0.15) is 0 Å². The number of benzene rings is 2. The number of halogens is 1. The van der Waals surface area contributed by atoms with Crippen molar-refractivity contribution in [3.63, 3.8) is 0 Å². The predicted octanol–water partition coefficient (Wildman–Crippen LogP) is 6.37. The van der Waals surface area contributed by atoms with Gasteiger partial charge in [-0.3, -0.25) is 4.79 Å². The molecular weight excluding hydrogens is 454 g/mol. The lowest BCUT2D eigenvalue weighted by Gasteiger charge is -2.08. The van der Waals surface area contributed by atoms with Gasteiger partial charge in [0.15, 0.2) is 0 Å². The van der Waals surface area contributed by atoms with E-state index in [9.17, 15) is 4.79 Å². The van der Waals surface area contributed by atoms with E-state index in [1.54, 1.807) is 11.3 Å². The number of aryl methyl sites for hydroxylation is 2. The van der Waals surface area contributed by atoms with Gasteiger partial charge < -0.3 is 10.6 Å². The smallest absolute Gasteiger partial charge is 0.224 e. The molecule has 0 aliphatic rings. The van der Waals surface area contributed by atoms with Crippen molar-refractivity contribution in [2.75, 3.05) is 17.2 Å². The summed E-state index contributed by atoms with van der Waals surface area (Å²) < 4.78 is 0. The van der Waals surface area contributed by atoms with Crippen molar-refractivity contribution in [3.05, 3.63) is 76.4 Å². The summed E-state index contributed by atoms with van der Waals surface area (Å²) in [7, 11) is 0. The molecule has 33 heavy (non-hydrogen) atoms. The molecular formula is C25H24ClN5OS. The Balaban J connectivity index is 1.27. The van der Waals surface area contributed by atoms with Crippen molar-refractivity contribution in [1.29, 1.82) is 0 Å². The summed E-state index contributed by atoms with van der Waals surface area (Å²) >= 11 is 7.56. The maximum atomic E-state index is 12.3. The lowest BCUT2D eigenvalue weighted by molar-refractivity contribution is -0.116. The van der Waals surface area contributed by atoms with Crippen molar-refractivity contribution >= 4 is 40.5 Å². The number of nitrogens with one attached hydrogen (secondary N) is 2. The number of rotatable bonds is 8. The first kappa shape index (κ1) is 22.9. The minimum absolute atomic E-state index is 0.0235. The fourth-order valence-corrected chi connectivity index (χ4v) is 4.29.